The second kappa shape index (κ2) is 5.56. The van der Waals surface area contributed by atoms with Crippen LogP contribution in [0.25, 0.3) is 0 Å². The summed E-state index contributed by atoms with van der Waals surface area (Å²) in [5.74, 6) is -1.02. The van der Waals surface area contributed by atoms with Gasteiger partial charge in [-0.3, -0.25) is 0 Å². The van der Waals surface area contributed by atoms with Crippen LogP contribution in [0.1, 0.15) is 15.5 Å². The van der Waals surface area contributed by atoms with Crippen LogP contribution < -0.4 is 5.32 Å². The molecule has 2 N–H and O–H groups in total. The molecule has 2 aromatic rings. The van der Waals surface area contributed by atoms with Crippen molar-refractivity contribution in [3.63, 3.8) is 0 Å². The molecule has 0 bridgehead atoms. The Bertz CT molecular complexity index is 586. The fraction of sp³-hybridized carbons (Fsp3) is 0.0909. The average Bonchev–Trinajstić information content (AvgIpc) is 2.80. The van der Waals surface area contributed by atoms with E-state index in [1.165, 1.54) is 0 Å². The molecule has 0 radical (unpaired) electrons. The first-order chi connectivity index (χ1) is 8.58. The molecule has 7 heteroatoms. The number of anilines is 1. The van der Waals surface area contributed by atoms with Crippen molar-refractivity contribution in [2.24, 2.45) is 0 Å². The van der Waals surface area contributed by atoms with Crippen LogP contribution in [0.5, 0.6) is 0 Å². The fourth-order valence-corrected chi connectivity index (χ4v) is 2.33. The molecule has 0 unspecified atom stereocenters. The van der Waals surface area contributed by atoms with E-state index in [9.17, 15) is 4.79 Å². The molecule has 0 amide bonds. The molecule has 0 aliphatic carbocycles. The Labute approximate surface area is 117 Å². The summed E-state index contributed by atoms with van der Waals surface area (Å²) in [6.45, 7) is 0.393. The van der Waals surface area contributed by atoms with Crippen molar-refractivity contribution >= 4 is 46.2 Å². The molecule has 1 aromatic carbocycles. The lowest BCUT2D eigenvalue weighted by Gasteiger charge is -2.07. The molecule has 1 aromatic heterocycles. The minimum Gasteiger partial charge on any atom is -0.476 e. The minimum absolute atomic E-state index is 0.0731. The fourth-order valence-electron chi connectivity index (χ4n) is 1.31. The highest BCUT2D eigenvalue weighted by Crippen LogP contribution is 2.29. The molecule has 4 nitrogen and oxygen atoms in total. The molecule has 0 atom stereocenters. The summed E-state index contributed by atoms with van der Waals surface area (Å²) in [7, 11) is 0. The predicted molar refractivity (Wildman–Crippen MR) is 72.9 cm³/mol. The summed E-state index contributed by atoms with van der Waals surface area (Å²) in [4.78, 5) is 14.6. The van der Waals surface area contributed by atoms with Gasteiger partial charge in [-0.15, -0.1) is 11.3 Å². The maximum Gasteiger partial charge on any atom is 0.365 e. The van der Waals surface area contributed by atoms with E-state index in [1.54, 1.807) is 23.6 Å². The molecule has 2 rings (SSSR count). The maximum atomic E-state index is 10.7. The van der Waals surface area contributed by atoms with Crippen LogP contribution in [0.15, 0.2) is 23.6 Å². The Morgan fingerprint density at radius 1 is 1.44 bits per heavy atom. The van der Waals surface area contributed by atoms with Gasteiger partial charge in [0.25, 0.3) is 0 Å². The first-order valence-corrected chi connectivity index (χ1v) is 6.57. The largest absolute Gasteiger partial charge is 0.476 e. The lowest BCUT2D eigenvalue weighted by molar-refractivity contribution is 0.0696. The normalized spacial score (nSPS) is 10.3. The Morgan fingerprint density at radius 2 is 2.22 bits per heavy atom. The van der Waals surface area contributed by atoms with Crippen LogP contribution >= 0.6 is 34.5 Å². The minimum atomic E-state index is -1.02. The van der Waals surface area contributed by atoms with E-state index in [4.69, 9.17) is 28.3 Å². The number of carboxylic acid groups (broad SMARTS) is 1. The summed E-state index contributed by atoms with van der Waals surface area (Å²) >= 11 is 13.0. The van der Waals surface area contributed by atoms with Gasteiger partial charge >= 0.3 is 5.97 Å². The Morgan fingerprint density at radius 3 is 2.89 bits per heavy atom. The molecule has 1 heterocycles. The Balaban J connectivity index is 2.07. The number of aromatic nitrogens is 1. The van der Waals surface area contributed by atoms with Crippen LogP contribution in [-0.2, 0) is 6.54 Å². The van der Waals surface area contributed by atoms with Gasteiger partial charge in [0.2, 0.25) is 5.01 Å². The van der Waals surface area contributed by atoms with E-state index in [0.717, 1.165) is 11.3 Å². The van der Waals surface area contributed by atoms with Crippen molar-refractivity contribution in [2.75, 3.05) is 5.32 Å². The number of thiazole rings is 1. The van der Waals surface area contributed by atoms with Gasteiger partial charge in [0, 0.05) is 5.38 Å². The number of hydrogen-bond donors (Lipinski definition) is 2. The van der Waals surface area contributed by atoms with Crippen molar-refractivity contribution in [3.05, 3.63) is 44.3 Å². The lowest BCUT2D eigenvalue weighted by atomic mass is 10.3. The average molecular weight is 303 g/mol. The summed E-state index contributed by atoms with van der Waals surface area (Å²) < 4.78 is 0. The molecule has 0 spiro atoms. The van der Waals surface area contributed by atoms with Crippen molar-refractivity contribution in [1.82, 2.24) is 4.98 Å². The quantitative estimate of drug-likeness (QED) is 0.902. The zero-order valence-corrected chi connectivity index (χ0v) is 11.3. The standard InChI is InChI=1S/C11H8Cl2N2O2S/c12-7-2-1-3-8(9(7)13)14-4-6-5-18-10(15-6)11(16)17/h1-3,5,14H,4H2,(H,16,17). The van der Waals surface area contributed by atoms with Crippen molar-refractivity contribution in [2.45, 2.75) is 6.54 Å². The second-order valence-corrected chi connectivity index (χ2v) is 5.05. The number of benzene rings is 1. The number of aromatic carboxylic acids is 1. The zero-order chi connectivity index (χ0) is 13.1. The van der Waals surface area contributed by atoms with Crippen LogP contribution in [0, 0.1) is 0 Å². The molecule has 94 valence electrons. The van der Waals surface area contributed by atoms with E-state index in [-0.39, 0.29) is 5.01 Å². The summed E-state index contributed by atoms with van der Waals surface area (Å²) in [5, 5.41) is 14.5. The van der Waals surface area contributed by atoms with E-state index in [2.05, 4.69) is 10.3 Å². The van der Waals surface area contributed by atoms with Gasteiger partial charge in [-0.25, -0.2) is 9.78 Å². The number of carboxylic acids is 1. The van der Waals surface area contributed by atoms with Gasteiger partial charge in [0.1, 0.15) is 0 Å². The van der Waals surface area contributed by atoms with E-state index in [0.29, 0.717) is 28.0 Å². The van der Waals surface area contributed by atoms with E-state index in [1.807, 2.05) is 0 Å². The van der Waals surface area contributed by atoms with Crippen LogP contribution in [0.3, 0.4) is 0 Å². The predicted octanol–water partition coefficient (Wildman–Crippen LogP) is 3.76. The van der Waals surface area contributed by atoms with Gasteiger partial charge in [0.05, 0.1) is 28.0 Å². The van der Waals surface area contributed by atoms with Gasteiger partial charge in [-0.1, -0.05) is 29.3 Å². The first kappa shape index (κ1) is 13.1. The molecule has 18 heavy (non-hydrogen) atoms. The molecular weight excluding hydrogens is 295 g/mol. The highest BCUT2D eigenvalue weighted by molar-refractivity contribution is 7.11. The highest BCUT2D eigenvalue weighted by atomic mass is 35.5. The SMILES string of the molecule is O=C(O)c1nc(CNc2cccc(Cl)c2Cl)cs1. The number of rotatable bonds is 4. The Hall–Kier alpha value is -1.30. The number of halogens is 2. The van der Waals surface area contributed by atoms with E-state index < -0.39 is 5.97 Å². The van der Waals surface area contributed by atoms with Gasteiger partial charge < -0.3 is 10.4 Å². The molecule has 0 fully saturated rings. The van der Waals surface area contributed by atoms with Crippen LogP contribution in [0.2, 0.25) is 10.0 Å². The van der Waals surface area contributed by atoms with Gasteiger partial charge in [-0.05, 0) is 12.1 Å². The molecule has 0 saturated carbocycles. The first-order valence-electron chi connectivity index (χ1n) is 4.93. The molecule has 0 saturated heterocycles. The molecule has 0 aliphatic rings. The summed E-state index contributed by atoms with van der Waals surface area (Å²) in [6, 6.07) is 5.26. The lowest BCUT2D eigenvalue weighted by Crippen LogP contribution is -2.02. The third kappa shape index (κ3) is 2.93. The maximum absolute atomic E-state index is 10.7. The van der Waals surface area contributed by atoms with E-state index >= 15 is 0 Å². The second-order valence-electron chi connectivity index (χ2n) is 3.40. The third-order valence-corrected chi connectivity index (χ3v) is 3.84. The van der Waals surface area contributed by atoms with Crippen LogP contribution in [0.4, 0.5) is 5.69 Å². The van der Waals surface area contributed by atoms with Crippen LogP contribution in [-0.4, -0.2) is 16.1 Å². The Kier molecular flexibility index (Phi) is 4.06. The van der Waals surface area contributed by atoms with Gasteiger partial charge in [-0.2, -0.15) is 0 Å². The number of carbonyl (C=O) groups is 1. The zero-order valence-electron chi connectivity index (χ0n) is 8.98. The topological polar surface area (TPSA) is 62.2 Å². The smallest absolute Gasteiger partial charge is 0.365 e. The summed E-state index contributed by atoms with van der Waals surface area (Å²) in [5.41, 5.74) is 1.34. The van der Waals surface area contributed by atoms with Crippen molar-refractivity contribution in [1.29, 1.82) is 0 Å². The number of nitrogens with one attached hydrogen (secondary N) is 1. The monoisotopic (exact) mass is 302 g/mol. The number of nitrogens with zero attached hydrogens (tertiary/aromatic N) is 1. The van der Waals surface area contributed by atoms with Crippen molar-refractivity contribution < 1.29 is 9.90 Å². The highest BCUT2D eigenvalue weighted by Gasteiger charge is 2.09. The van der Waals surface area contributed by atoms with Crippen molar-refractivity contribution in [3.8, 4) is 0 Å². The molecular formula is C11H8Cl2N2O2S. The molecule has 0 aliphatic heterocycles. The van der Waals surface area contributed by atoms with Gasteiger partial charge in [0.15, 0.2) is 0 Å². The summed E-state index contributed by atoms with van der Waals surface area (Å²) in [6.07, 6.45) is 0. The number of hydrogen-bond acceptors (Lipinski definition) is 4. The third-order valence-electron chi connectivity index (χ3n) is 2.15.